The summed E-state index contributed by atoms with van der Waals surface area (Å²) in [5.74, 6) is -2.19. The highest BCUT2D eigenvalue weighted by molar-refractivity contribution is 7.98. The number of carbonyl (C=O) groups excluding carboxylic acids is 3. The molecule has 0 bridgehead atoms. The largest absolute Gasteiger partial charge is 0.456 e. The second-order valence-electron chi connectivity index (χ2n) is 7.14. The standard InChI is InChI=1S/C19H22N4O9S/c1-7-17(28)23(15-12(20-7)16(27)22-19(21-15)33-5)18-14(32-10(4)26)13(31-9(3)25)11(6-29-18)30-8(2)24/h11,13-14,18H,6H2,1-5H3,(H,21,22,27)/t11-,13-,14-,18-/m1/s1. The van der Waals surface area contributed by atoms with Gasteiger partial charge in [-0.05, 0) is 13.2 Å². The smallest absolute Gasteiger partial charge is 0.303 e. The molecular weight excluding hydrogens is 460 g/mol. The monoisotopic (exact) mass is 482 g/mol. The molecule has 3 heterocycles. The van der Waals surface area contributed by atoms with Gasteiger partial charge in [-0.2, -0.15) is 0 Å². The Morgan fingerprint density at radius 1 is 1.03 bits per heavy atom. The molecule has 0 aliphatic carbocycles. The fourth-order valence-corrected chi connectivity index (χ4v) is 3.84. The topological polar surface area (TPSA) is 169 Å². The lowest BCUT2D eigenvalue weighted by Crippen LogP contribution is -2.57. The number of aromatic amines is 1. The Labute approximate surface area is 190 Å². The molecule has 0 unspecified atom stereocenters. The van der Waals surface area contributed by atoms with Gasteiger partial charge in [0.15, 0.2) is 40.9 Å². The van der Waals surface area contributed by atoms with Crippen molar-refractivity contribution in [3.63, 3.8) is 0 Å². The van der Waals surface area contributed by atoms with E-state index in [0.717, 1.165) is 37.1 Å². The second-order valence-corrected chi connectivity index (χ2v) is 7.93. The van der Waals surface area contributed by atoms with Gasteiger partial charge in [0.05, 0.1) is 6.61 Å². The lowest BCUT2D eigenvalue weighted by molar-refractivity contribution is -0.239. The second kappa shape index (κ2) is 9.70. The number of H-pyrrole nitrogens is 1. The van der Waals surface area contributed by atoms with Crippen molar-refractivity contribution in [3.05, 3.63) is 26.4 Å². The van der Waals surface area contributed by atoms with Gasteiger partial charge >= 0.3 is 17.9 Å². The summed E-state index contributed by atoms with van der Waals surface area (Å²) in [4.78, 5) is 71.9. The van der Waals surface area contributed by atoms with Gasteiger partial charge < -0.3 is 18.9 Å². The number of nitrogens with zero attached hydrogens (tertiary/aromatic N) is 3. The Balaban J connectivity index is 2.26. The summed E-state index contributed by atoms with van der Waals surface area (Å²) in [6.07, 6.45) is -3.52. The quantitative estimate of drug-likeness (QED) is 0.259. The van der Waals surface area contributed by atoms with E-state index < -0.39 is 53.6 Å². The highest BCUT2D eigenvalue weighted by atomic mass is 32.2. The van der Waals surface area contributed by atoms with Gasteiger partial charge in [-0.1, -0.05) is 11.8 Å². The molecule has 13 nitrogen and oxygen atoms in total. The van der Waals surface area contributed by atoms with Gasteiger partial charge in [0.25, 0.3) is 11.1 Å². The zero-order valence-corrected chi connectivity index (χ0v) is 19.3. The number of esters is 3. The highest BCUT2D eigenvalue weighted by Crippen LogP contribution is 2.31. The van der Waals surface area contributed by atoms with E-state index in [9.17, 15) is 24.0 Å². The molecule has 178 valence electrons. The summed E-state index contributed by atoms with van der Waals surface area (Å²) < 4.78 is 22.7. The molecule has 0 radical (unpaired) electrons. The molecular formula is C19H22N4O9S. The van der Waals surface area contributed by atoms with Gasteiger partial charge in [0.2, 0.25) is 0 Å². The van der Waals surface area contributed by atoms with E-state index in [-0.39, 0.29) is 28.6 Å². The number of ether oxygens (including phenoxy) is 4. The molecule has 1 N–H and O–H groups in total. The predicted octanol–water partition coefficient (Wildman–Crippen LogP) is -0.166. The zero-order chi connectivity index (χ0) is 24.4. The van der Waals surface area contributed by atoms with Crippen LogP contribution in [0.1, 0.15) is 32.7 Å². The van der Waals surface area contributed by atoms with Crippen molar-refractivity contribution in [1.29, 1.82) is 0 Å². The van der Waals surface area contributed by atoms with Crippen molar-refractivity contribution in [2.45, 2.75) is 57.4 Å². The van der Waals surface area contributed by atoms with Gasteiger partial charge in [-0.15, -0.1) is 0 Å². The minimum atomic E-state index is -1.41. The number of aromatic nitrogens is 4. The molecule has 0 spiro atoms. The third kappa shape index (κ3) is 5.06. The minimum Gasteiger partial charge on any atom is -0.456 e. The van der Waals surface area contributed by atoms with Crippen molar-refractivity contribution in [1.82, 2.24) is 19.5 Å². The van der Waals surface area contributed by atoms with Crippen LogP contribution in [-0.2, 0) is 33.3 Å². The van der Waals surface area contributed by atoms with Crippen LogP contribution in [-0.4, -0.2) is 68.6 Å². The first kappa shape index (κ1) is 24.4. The van der Waals surface area contributed by atoms with E-state index in [2.05, 4.69) is 15.0 Å². The number of rotatable bonds is 5. The number of hydrogen-bond donors (Lipinski definition) is 1. The molecule has 33 heavy (non-hydrogen) atoms. The number of nitrogens with one attached hydrogen (secondary N) is 1. The average Bonchev–Trinajstić information content (AvgIpc) is 2.71. The Hall–Kier alpha value is -3.26. The summed E-state index contributed by atoms with van der Waals surface area (Å²) in [5.41, 5.74) is -1.55. The number of carbonyl (C=O) groups is 3. The van der Waals surface area contributed by atoms with E-state index in [1.807, 2.05) is 0 Å². The maximum absolute atomic E-state index is 13.1. The minimum absolute atomic E-state index is 0.0389. The lowest BCUT2D eigenvalue weighted by atomic mass is 10.0. The van der Waals surface area contributed by atoms with Crippen LogP contribution in [0.25, 0.3) is 11.2 Å². The Morgan fingerprint density at radius 2 is 1.64 bits per heavy atom. The Morgan fingerprint density at radius 3 is 2.21 bits per heavy atom. The number of thioether (sulfide) groups is 1. The lowest BCUT2D eigenvalue weighted by Gasteiger charge is -2.41. The summed E-state index contributed by atoms with van der Waals surface area (Å²) in [6, 6.07) is 0. The number of fused-ring (bicyclic) bond motifs is 1. The van der Waals surface area contributed by atoms with Crippen molar-refractivity contribution in [3.8, 4) is 0 Å². The third-order valence-corrected chi connectivity index (χ3v) is 5.24. The van der Waals surface area contributed by atoms with E-state index in [1.165, 1.54) is 6.92 Å². The van der Waals surface area contributed by atoms with Crippen LogP contribution < -0.4 is 11.1 Å². The Bertz CT molecular complexity index is 1220. The highest BCUT2D eigenvalue weighted by Gasteiger charge is 2.48. The van der Waals surface area contributed by atoms with E-state index >= 15 is 0 Å². The molecule has 0 aromatic carbocycles. The van der Waals surface area contributed by atoms with E-state index in [1.54, 1.807) is 6.26 Å². The molecule has 2 aromatic heterocycles. The van der Waals surface area contributed by atoms with E-state index in [0.29, 0.717) is 0 Å². The van der Waals surface area contributed by atoms with Gasteiger partial charge in [-0.25, -0.2) is 9.97 Å². The molecule has 3 rings (SSSR count). The SMILES string of the molecule is CSc1nc2c(nc(C)c(=O)n2[C@@H]2OC[C@@H](OC(C)=O)[C@@H](OC(C)=O)[C@H]2OC(C)=O)c(=O)[nH]1. The van der Waals surface area contributed by atoms with Gasteiger partial charge in [0, 0.05) is 20.8 Å². The maximum Gasteiger partial charge on any atom is 0.303 e. The molecule has 14 heteroatoms. The van der Waals surface area contributed by atoms with Crippen molar-refractivity contribution < 1.29 is 33.3 Å². The number of hydrogen-bond acceptors (Lipinski definition) is 12. The van der Waals surface area contributed by atoms with Crippen LogP contribution in [0.4, 0.5) is 0 Å². The predicted molar refractivity (Wildman–Crippen MR) is 113 cm³/mol. The van der Waals surface area contributed by atoms with Gasteiger partial charge in [0.1, 0.15) is 5.69 Å². The summed E-state index contributed by atoms with van der Waals surface area (Å²) in [7, 11) is 0. The molecule has 1 aliphatic heterocycles. The van der Waals surface area contributed by atoms with Crippen LogP contribution in [0.5, 0.6) is 0 Å². The van der Waals surface area contributed by atoms with Crippen molar-refractivity contribution >= 4 is 40.8 Å². The molecule has 0 amide bonds. The van der Waals surface area contributed by atoms with Crippen molar-refractivity contribution in [2.24, 2.45) is 0 Å². The van der Waals surface area contributed by atoms with Gasteiger partial charge in [-0.3, -0.25) is 33.5 Å². The van der Waals surface area contributed by atoms with Crippen LogP contribution in [0.3, 0.4) is 0 Å². The summed E-state index contributed by atoms with van der Waals surface area (Å²) >= 11 is 1.13. The molecule has 0 saturated carbocycles. The zero-order valence-electron chi connectivity index (χ0n) is 18.4. The molecule has 1 fully saturated rings. The fraction of sp³-hybridized carbons (Fsp3) is 0.526. The molecule has 2 aromatic rings. The Kier molecular flexibility index (Phi) is 7.17. The van der Waals surface area contributed by atoms with Crippen molar-refractivity contribution in [2.75, 3.05) is 12.9 Å². The summed E-state index contributed by atoms with van der Waals surface area (Å²) in [5, 5.41) is 0.209. The third-order valence-electron chi connectivity index (χ3n) is 4.66. The number of aryl methyl sites for hydroxylation is 1. The first-order chi connectivity index (χ1) is 15.5. The molecule has 1 aliphatic rings. The first-order valence-corrected chi connectivity index (χ1v) is 11.0. The van der Waals surface area contributed by atoms with Crippen LogP contribution in [0, 0.1) is 6.92 Å². The van der Waals surface area contributed by atoms with Crippen LogP contribution in [0.15, 0.2) is 14.7 Å². The van der Waals surface area contributed by atoms with Crippen LogP contribution >= 0.6 is 11.8 Å². The fourth-order valence-electron chi connectivity index (χ4n) is 3.47. The van der Waals surface area contributed by atoms with E-state index in [4.69, 9.17) is 18.9 Å². The summed E-state index contributed by atoms with van der Waals surface area (Å²) in [6.45, 7) is 4.50. The normalized spacial score (nSPS) is 22.6. The van der Waals surface area contributed by atoms with Crippen LogP contribution in [0.2, 0.25) is 0 Å². The molecule has 1 saturated heterocycles. The average molecular weight is 482 g/mol. The molecule has 4 atom stereocenters. The maximum atomic E-state index is 13.1. The first-order valence-electron chi connectivity index (χ1n) is 9.73.